The van der Waals surface area contributed by atoms with Crippen molar-refractivity contribution in [2.75, 3.05) is 0 Å². The van der Waals surface area contributed by atoms with Gasteiger partial charge in [0.1, 0.15) is 17.1 Å². The number of hydrogen-bond acceptors (Lipinski definition) is 5. The lowest BCUT2D eigenvalue weighted by atomic mass is 10.1. The molecule has 19 heavy (non-hydrogen) atoms. The Morgan fingerprint density at radius 2 is 2.05 bits per heavy atom. The fourth-order valence-electron chi connectivity index (χ4n) is 1.89. The summed E-state index contributed by atoms with van der Waals surface area (Å²) in [6, 6.07) is 3.97. The molecule has 0 radical (unpaired) electrons. The van der Waals surface area contributed by atoms with Gasteiger partial charge in [0.2, 0.25) is 11.8 Å². The summed E-state index contributed by atoms with van der Waals surface area (Å²) in [6.07, 6.45) is -0.0310. The predicted molar refractivity (Wildman–Crippen MR) is 62.9 cm³/mol. The van der Waals surface area contributed by atoms with E-state index in [0.29, 0.717) is 16.6 Å². The number of H-pyrrole nitrogens is 1. The van der Waals surface area contributed by atoms with E-state index in [-0.39, 0.29) is 12.3 Å². The third-order valence-electron chi connectivity index (χ3n) is 2.85. The van der Waals surface area contributed by atoms with Crippen LogP contribution in [0.4, 0.5) is 0 Å². The first kappa shape index (κ1) is 11.3. The van der Waals surface area contributed by atoms with E-state index < -0.39 is 17.9 Å². The fourth-order valence-corrected chi connectivity index (χ4v) is 1.89. The number of fused-ring (bicyclic) bond motifs is 1. The van der Waals surface area contributed by atoms with Gasteiger partial charge in [0.15, 0.2) is 0 Å². The van der Waals surface area contributed by atoms with Gasteiger partial charge in [-0.2, -0.15) is 15.4 Å². The Kier molecular flexibility index (Phi) is 2.48. The highest BCUT2D eigenvalue weighted by molar-refractivity contribution is 6.08. The largest absolute Gasteiger partial charge is 0.340 e. The first-order valence-electron chi connectivity index (χ1n) is 5.58. The summed E-state index contributed by atoms with van der Waals surface area (Å²) in [7, 11) is 0. The van der Waals surface area contributed by atoms with Crippen LogP contribution in [0.1, 0.15) is 16.8 Å². The highest BCUT2D eigenvalue weighted by Gasteiger charge is 2.31. The average molecular weight is 259 g/mol. The van der Waals surface area contributed by atoms with E-state index in [0.717, 1.165) is 0 Å². The van der Waals surface area contributed by atoms with E-state index in [1.54, 1.807) is 18.2 Å². The molecular formula is C11H9N5O3. The van der Waals surface area contributed by atoms with Gasteiger partial charge in [-0.3, -0.25) is 19.7 Å². The number of hydrogen-bond donors (Lipinski definition) is 3. The van der Waals surface area contributed by atoms with Gasteiger partial charge in [-0.15, -0.1) is 0 Å². The highest BCUT2D eigenvalue weighted by Crippen LogP contribution is 2.11. The molecule has 1 aliphatic rings. The number of carbonyl (C=O) groups is 3. The Bertz CT molecular complexity index is 692. The molecule has 1 saturated heterocycles. The maximum absolute atomic E-state index is 12.0. The first-order valence-corrected chi connectivity index (χ1v) is 5.58. The van der Waals surface area contributed by atoms with E-state index in [4.69, 9.17) is 0 Å². The number of nitrogens with zero attached hydrogens (tertiary/aromatic N) is 2. The van der Waals surface area contributed by atoms with Crippen molar-refractivity contribution in [3.05, 3.63) is 23.8 Å². The van der Waals surface area contributed by atoms with Gasteiger partial charge in [-0.25, -0.2) is 0 Å². The second kappa shape index (κ2) is 4.16. The standard InChI is InChI=1S/C11H9N5O3/c17-9-4-8(11(19)13-9)12-10(18)5-1-2-6-7(3-5)15-16-14-6/h1-3,8H,4H2,(H,12,18)(H,13,17,19)(H,14,15,16). The van der Waals surface area contributed by atoms with Gasteiger partial charge in [-0.1, -0.05) is 0 Å². The smallest absolute Gasteiger partial charge is 0.252 e. The van der Waals surface area contributed by atoms with Crippen LogP contribution in [0.15, 0.2) is 18.2 Å². The van der Waals surface area contributed by atoms with E-state index in [9.17, 15) is 14.4 Å². The lowest BCUT2D eigenvalue weighted by molar-refractivity contribution is -0.125. The molecule has 2 heterocycles. The first-order chi connectivity index (χ1) is 9.13. The lowest BCUT2D eigenvalue weighted by Crippen LogP contribution is -2.40. The van der Waals surface area contributed by atoms with Gasteiger partial charge >= 0.3 is 0 Å². The molecular weight excluding hydrogens is 250 g/mol. The minimum atomic E-state index is -0.812. The molecule has 1 aromatic heterocycles. The minimum absolute atomic E-state index is 0.0310. The molecule has 0 bridgehead atoms. The third-order valence-corrected chi connectivity index (χ3v) is 2.85. The number of imide groups is 1. The average Bonchev–Trinajstić information content (AvgIpc) is 2.95. The molecule has 1 aromatic carbocycles. The van der Waals surface area contributed by atoms with Crippen LogP contribution in [0.3, 0.4) is 0 Å². The lowest BCUT2D eigenvalue weighted by Gasteiger charge is -2.08. The highest BCUT2D eigenvalue weighted by atomic mass is 16.2. The van der Waals surface area contributed by atoms with E-state index in [2.05, 4.69) is 26.0 Å². The van der Waals surface area contributed by atoms with Crippen molar-refractivity contribution in [3.63, 3.8) is 0 Å². The number of aromatic nitrogens is 3. The Balaban J connectivity index is 1.80. The van der Waals surface area contributed by atoms with Crippen LogP contribution in [0, 0.1) is 0 Å². The van der Waals surface area contributed by atoms with E-state index in [1.807, 2.05) is 0 Å². The molecule has 1 aliphatic heterocycles. The third kappa shape index (κ3) is 2.03. The monoisotopic (exact) mass is 259 g/mol. The number of aromatic amines is 1. The fraction of sp³-hybridized carbons (Fsp3) is 0.182. The molecule has 1 fully saturated rings. The van der Waals surface area contributed by atoms with Crippen LogP contribution < -0.4 is 10.6 Å². The van der Waals surface area contributed by atoms with Gasteiger partial charge < -0.3 is 5.32 Å². The molecule has 0 spiro atoms. The zero-order valence-corrected chi connectivity index (χ0v) is 9.64. The van der Waals surface area contributed by atoms with Crippen molar-refractivity contribution < 1.29 is 14.4 Å². The van der Waals surface area contributed by atoms with E-state index in [1.165, 1.54) is 0 Å². The molecule has 1 atom stereocenters. The van der Waals surface area contributed by atoms with Gasteiger partial charge in [0, 0.05) is 5.56 Å². The van der Waals surface area contributed by atoms with Crippen molar-refractivity contribution >= 4 is 28.8 Å². The Hall–Kier alpha value is -2.77. The summed E-state index contributed by atoms with van der Waals surface area (Å²) in [5.74, 6) is -1.30. The Morgan fingerprint density at radius 1 is 1.26 bits per heavy atom. The second-order valence-electron chi connectivity index (χ2n) is 4.17. The van der Waals surface area contributed by atoms with Crippen LogP contribution in [0.5, 0.6) is 0 Å². The summed E-state index contributed by atoms with van der Waals surface area (Å²) < 4.78 is 0. The second-order valence-corrected chi connectivity index (χ2v) is 4.17. The summed E-state index contributed by atoms with van der Waals surface area (Å²) in [5.41, 5.74) is 1.55. The zero-order valence-electron chi connectivity index (χ0n) is 9.64. The van der Waals surface area contributed by atoms with Crippen molar-refractivity contribution in [1.29, 1.82) is 0 Å². The predicted octanol–water partition coefficient (Wildman–Crippen LogP) is -0.897. The van der Waals surface area contributed by atoms with Gasteiger partial charge in [0.25, 0.3) is 5.91 Å². The molecule has 3 amide bonds. The SMILES string of the molecule is O=C1CC(NC(=O)c2ccc3n[nH]nc3c2)C(=O)N1. The molecule has 0 aliphatic carbocycles. The number of nitrogens with one attached hydrogen (secondary N) is 3. The maximum Gasteiger partial charge on any atom is 0.252 e. The summed E-state index contributed by atoms with van der Waals surface area (Å²) >= 11 is 0. The molecule has 3 rings (SSSR count). The van der Waals surface area contributed by atoms with Gasteiger partial charge in [-0.05, 0) is 18.2 Å². The topological polar surface area (TPSA) is 117 Å². The maximum atomic E-state index is 12.0. The van der Waals surface area contributed by atoms with Crippen LogP contribution in [-0.2, 0) is 9.59 Å². The zero-order chi connectivity index (χ0) is 13.4. The minimum Gasteiger partial charge on any atom is -0.340 e. The van der Waals surface area contributed by atoms with Crippen molar-refractivity contribution in [2.24, 2.45) is 0 Å². The normalized spacial score (nSPS) is 18.6. The van der Waals surface area contributed by atoms with E-state index >= 15 is 0 Å². The van der Waals surface area contributed by atoms with Crippen LogP contribution in [-0.4, -0.2) is 39.2 Å². The number of carbonyl (C=O) groups excluding carboxylic acids is 3. The van der Waals surface area contributed by atoms with Crippen molar-refractivity contribution in [3.8, 4) is 0 Å². The number of amides is 3. The number of rotatable bonds is 2. The summed E-state index contributed by atoms with van der Waals surface area (Å²) in [6.45, 7) is 0. The van der Waals surface area contributed by atoms with Crippen LogP contribution in [0.25, 0.3) is 11.0 Å². The van der Waals surface area contributed by atoms with Gasteiger partial charge in [0.05, 0.1) is 6.42 Å². The molecule has 0 saturated carbocycles. The molecule has 96 valence electrons. The molecule has 2 aromatic rings. The quantitative estimate of drug-likeness (QED) is 0.604. The number of benzene rings is 1. The van der Waals surface area contributed by atoms with Crippen molar-refractivity contribution in [2.45, 2.75) is 12.5 Å². The van der Waals surface area contributed by atoms with Crippen LogP contribution in [0.2, 0.25) is 0 Å². The Labute approximate surface area is 106 Å². The summed E-state index contributed by atoms with van der Waals surface area (Å²) in [4.78, 5) is 34.3. The van der Waals surface area contributed by atoms with Crippen molar-refractivity contribution in [1.82, 2.24) is 26.0 Å². The molecule has 1 unspecified atom stereocenters. The Morgan fingerprint density at radius 3 is 2.79 bits per heavy atom. The molecule has 8 nitrogen and oxygen atoms in total. The van der Waals surface area contributed by atoms with Crippen LogP contribution >= 0.6 is 0 Å². The molecule has 8 heteroatoms. The summed E-state index contributed by atoms with van der Waals surface area (Å²) in [5, 5.41) is 14.8. The molecule has 3 N–H and O–H groups in total.